The Balaban J connectivity index is 1.54. The molecule has 1 amide bonds. The second kappa shape index (κ2) is 5.61. The van der Waals surface area contributed by atoms with E-state index in [0.29, 0.717) is 6.04 Å². The summed E-state index contributed by atoms with van der Waals surface area (Å²) < 4.78 is 0.993. The fraction of sp³-hybridized carbons (Fsp3) is 0.500. The minimum absolute atomic E-state index is 0.0187. The summed E-state index contributed by atoms with van der Waals surface area (Å²) in [5.41, 5.74) is 0.722. The highest BCUT2D eigenvalue weighted by atomic mass is 79.9. The van der Waals surface area contributed by atoms with Crippen LogP contribution in [0.4, 0.5) is 0 Å². The first-order valence-corrected chi connectivity index (χ1v) is 7.52. The summed E-state index contributed by atoms with van der Waals surface area (Å²) >= 11 is 3.37. The lowest BCUT2D eigenvalue weighted by molar-refractivity contribution is 0.0138. The van der Waals surface area contributed by atoms with Crippen molar-refractivity contribution in [2.45, 2.75) is 6.04 Å². The van der Waals surface area contributed by atoms with Gasteiger partial charge in [-0.25, -0.2) is 0 Å². The average molecular weight is 324 g/mol. The van der Waals surface area contributed by atoms with E-state index in [4.69, 9.17) is 0 Å². The van der Waals surface area contributed by atoms with Crippen molar-refractivity contribution in [2.24, 2.45) is 0 Å². The Morgan fingerprint density at radius 2 is 1.89 bits per heavy atom. The summed E-state index contributed by atoms with van der Waals surface area (Å²) in [6.45, 7) is 6.46. The zero-order chi connectivity index (χ0) is 13.2. The number of carbonyl (C=O) groups excluding carboxylic acids is 1. The number of piperazine rings is 3. The van der Waals surface area contributed by atoms with E-state index in [2.05, 4.69) is 31.0 Å². The van der Waals surface area contributed by atoms with Gasteiger partial charge in [0.1, 0.15) is 0 Å². The third-order valence-corrected chi connectivity index (χ3v) is 4.53. The molecule has 19 heavy (non-hydrogen) atoms. The highest BCUT2D eigenvalue weighted by molar-refractivity contribution is 9.10. The second-order valence-corrected chi connectivity index (χ2v) is 6.12. The van der Waals surface area contributed by atoms with E-state index >= 15 is 0 Å². The summed E-state index contributed by atoms with van der Waals surface area (Å²) in [7, 11) is 0. The summed E-state index contributed by atoms with van der Waals surface area (Å²) in [6, 6.07) is 7.95. The SMILES string of the molecule is O=C(NCC1CN2CCN1CC2)c1ccc(Br)cc1. The Kier molecular flexibility index (Phi) is 3.86. The molecule has 1 N–H and O–H groups in total. The van der Waals surface area contributed by atoms with Crippen LogP contribution in [-0.4, -0.2) is 61.0 Å². The molecule has 3 aliphatic heterocycles. The second-order valence-electron chi connectivity index (χ2n) is 5.21. The largest absolute Gasteiger partial charge is 0.350 e. The van der Waals surface area contributed by atoms with E-state index in [9.17, 15) is 4.79 Å². The Bertz CT molecular complexity index is 454. The van der Waals surface area contributed by atoms with Gasteiger partial charge in [-0.15, -0.1) is 0 Å². The van der Waals surface area contributed by atoms with E-state index in [1.807, 2.05) is 24.3 Å². The standard InChI is InChI=1S/C14H18BrN3O/c15-12-3-1-11(2-4-12)14(19)16-9-13-10-17-5-7-18(13)8-6-17/h1-4,13H,5-10H2,(H,16,19). The molecular formula is C14H18BrN3O. The van der Waals surface area contributed by atoms with Crippen molar-refractivity contribution in [3.8, 4) is 0 Å². The molecule has 4 nitrogen and oxygen atoms in total. The average Bonchev–Trinajstić information content (AvgIpc) is 2.47. The Labute approximate surface area is 121 Å². The van der Waals surface area contributed by atoms with Crippen LogP contribution in [0, 0.1) is 0 Å². The van der Waals surface area contributed by atoms with Crippen molar-refractivity contribution in [3.05, 3.63) is 34.3 Å². The van der Waals surface area contributed by atoms with Crippen LogP contribution in [0.15, 0.2) is 28.7 Å². The van der Waals surface area contributed by atoms with E-state index in [1.54, 1.807) is 0 Å². The van der Waals surface area contributed by atoms with Gasteiger partial charge in [0, 0.05) is 55.3 Å². The van der Waals surface area contributed by atoms with Crippen LogP contribution in [0.2, 0.25) is 0 Å². The lowest BCUT2D eigenvalue weighted by Gasteiger charge is -2.47. The van der Waals surface area contributed by atoms with Crippen molar-refractivity contribution in [2.75, 3.05) is 39.3 Å². The molecule has 0 saturated carbocycles. The van der Waals surface area contributed by atoms with Crippen molar-refractivity contribution < 1.29 is 4.79 Å². The first kappa shape index (κ1) is 13.1. The number of amides is 1. The number of halogens is 1. The van der Waals surface area contributed by atoms with Crippen molar-refractivity contribution in [1.82, 2.24) is 15.1 Å². The molecule has 3 saturated heterocycles. The number of nitrogens with one attached hydrogen (secondary N) is 1. The molecule has 2 bridgehead atoms. The van der Waals surface area contributed by atoms with Crippen LogP contribution < -0.4 is 5.32 Å². The van der Waals surface area contributed by atoms with Gasteiger partial charge in [-0.1, -0.05) is 15.9 Å². The van der Waals surface area contributed by atoms with Crippen molar-refractivity contribution in [3.63, 3.8) is 0 Å². The van der Waals surface area contributed by atoms with Gasteiger partial charge in [0.2, 0.25) is 0 Å². The summed E-state index contributed by atoms with van der Waals surface area (Å²) in [5, 5.41) is 3.05. The van der Waals surface area contributed by atoms with Gasteiger partial charge in [0.15, 0.2) is 0 Å². The number of nitrogens with zero attached hydrogens (tertiary/aromatic N) is 2. The maximum absolute atomic E-state index is 12.0. The molecule has 0 aliphatic carbocycles. The number of rotatable bonds is 3. The van der Waals surface area contributed by atoms with Crippen LogP contribution >= 0.6 is 15.9 Å². The monoisotopic (exact) mass is 323 g/mol. The first-order chi connectivity index (χ1) is 9.22. The van der Waals surface area contributed by atoms with Crippen LogP contribution in [0.3, 0.4) is 0 Å². The maximum atomic E-state index is 12.0. The molecule has 1 atom stereocenters. The Hall–Kier alpha value is -0.910. The van der Waals surface area contributed by atoms with Gasteiger partial charge in [-0.3, -0.25) is 14.6 Å². The molecular weight excluding hydrogens is 306 g/mol. The van der Waals surface area contributed by atoms with Crippen LogP contribution in [0.25, 0.3) is 0 Å². The first-order valence-electron chi connectivity index (χ1n) is 6.72. The highest BCUT2D eigenvalue weighted by Crippen LogP contribution is 2.15. The number of hydrogen-bond acceptors (Lipinski definition) is 3. The summed E-state index contributed by atoms with van der Waals surface area (Å²) in [4.78, 5) is 17.0. The van der Waals surface area contributed by atoms with E-state index in [0.717, 1.165) is 36.2 Å². The molecule has 1 unspecified atom stereocenters. The molecule has 1 aromatic rings. The lowest BCUT2D eigenvalue weighted by atomic mass is 10.1. The number of carbonyl (C=O) groups is 1. The topological polar surface area (TPSA) is 35.6 Å². The molecule has 0 radical (unpaired) electrons. The number of hydrogen-bond donors (Lipinski definition) is 1. The number of benzene rings is 1. The minimum Gasteiger partial charge on any atom is -0.350 e. The Morgan fingerprint density at radius 1 is 1.21 bits per heavy atom. The molecule has 0 spiro atoms. The minimum atomic E-state index is 0.0187. The predicted octanol–water partition coefficient (Wildman–Crippen LogP) is 1.18. The zero-order valence-electron chi connectivity index (χ0n) is 10.8. The van der Waals surface area contributed by atoms with Crippen molar-refractivity contribution >= 4 is 21.8 Å². The molecule has 5 heteroatoms. The normalized spacial score (nSPS) is 29.2. The molecule has 102 valence electrons. The van der Waals surface area contributed by atoms with Crippen LogP contribution in [0.1, 0.15) is 10.4 Å². The van der Waals surface area contributed by atoms with Gasteiger partial charge in [0.05, 0.1) is 0 Å². The fourth-order valence-electron chi connectivity index (χ4n) is 2.83. The fourth-order valence-corrected chi connectivity index (χ4v) is 3.10. The van der Waals surface area contributed by atoms with Gasteiger partial charge < -0.3 is 5.32 Å². The van der Waals surface area contributed by atoms with E-state index < -0.39 is 0 Å². The predicted molar refractivity (Wildman–Crippen MR) is 78.3 cm³/mol. The van der Waals surface area contributed by atoms with Gasteiger partial charge >= 0.3 is 0 Å². The molecule has 4 rings (SSSR count). The third kappa shape index (κ3) is 2.99. The van der Waals surface area contributed by atoms with Crippen LogP contribution in [0.5, 0.6) is 0 Å². The number of fused-ring (bicyclic) bond motifs is 3. The summed E-state index contributed by atoms with van der Waals surface area (Å²) in [6.07, 6.45) is 0. The maximum Gasteiger partial charge on any atom is 0.251 e. The van der Waals surface area contributed by atoms with Gasteiger partial charge in [-0.2, -0.15) is 0 Å². The van der Waals surface area contributed by atoms with Gasteiger partial charge in [0.25, 0.3) is 5.91 Å². The quantitative estimate of drug-likeness (QED) is 0.907. The molecule has 1 aromatic carbocycles. The summed E-state index contributed by atoms with van der Waals surface area (Å²) in [5.74, 6) is 0.0187. The molecule has 3 fully saturated rings. The lowest BCUT2D eigenvalue weighted by Crippen LogP contribution is -2.63. The van der Waals surface area contributed by atoms with Gasteiger partial charge in [-0.05, 0) is 24.3 Å². The van der Waals surface area contributed by atoms with E-state index in [1.165, 1.54) is 13.1 Å². The smallest absolute Gasteiger partial charge is 0.251 e. The van der Waals surface area contributed by atoms with Crippen LogP contribution in [-0.2, 0) is 0 Å². The third-order valence-electron chi connectivity index (χ3n) is 4.00. The molecule has 3 aliphatic rings. The zero-order valence-corrected chi connectivity index (χ0v) is 12.4. The van der Waals surface area contributed by atoms with E-state index in [-0.39, 0.29) is 5.91 Å². The molecule has 0 aromatic heterocycles. The highest BCUT2D eigenvalue weighted by Gasteiger charge is 2.31. The van der Waals surface area contributed by atoms with Crippen molar-refractivity contribution in [1.29, 1.82) is 0 Å². The Morgan fingerprint density at radius 3 is 2.47 bits per heavy atom. The molecule has 3 heterocycles.